The second-order valence-electron chi connectivity index (χ2n) is 3.90. The van der Waals surface area contributed by atoms with Crippen molar-refractivity contribution in [3.63, 3.8) is 0 Å². The van der Waals surface area contributed by atoms with Crippen molar-refractivity contribution in [1.29, 1.82) is 0 Å². The van der Waals surface area contributed by atoms with Gasteiger partial charge in [0.25, 0.3) is 0 Å². The molecular formula is C12H9ClN2O3. The molecule has 0 saturated carbocycles. The van der Waals surface area contributed by atoms with E-state index < -0.39 is 5.97 Å². The average Bonchev–Trinajstić information content (AvgIpc) is 2.70. The summed E-state index contributed by atoms with van der Waals surface area (Å²) in [6.07, 6.45) is 6.63. The highest BCUT2D eigenvalue weighted by molar-refractivity contribution is 6.30. The summed E-state index contributed by atoms with van der Waals surface area (Å²) in [4.78, 5) is 27.9. The summed E-state index contributed by atoms with van der Waals surface area (Å²) in [5, 5.41) is 9.20. The molecule has 1 atom stereocenters. The first-order chi connectivity index (χ1) is 8.52. The number of halogens is 1. The standard InChI is InChI=1S/C12H9ClN2O3/c1-2-7-3-11(16)15(6-7)9-4-10(13)14-5-8(9)12(17)18/h1,4-5,7H,3,6H2,(H,17,18). The minimum Gasteiger partial charge on any atom is -0.478 e. The molecule has 1 saturated heterocycles. The fourth-order valence-electron chi connectivity index (χ4n) is 1.86. The molecule has 0 radical (unpaired) electrons. The molecule has 1 fully saturated rings. The summed E-state index contributed by atoms with van der Waals surface area (Å²) >= 11 is 5.74. The monoisotopic (exact) mass is 264 g/mol. The first kappa shape index (κ1) is 12.4. The number of carbonyl (C=O) groups is 2. The van der Waals surface area contributed by atoms with E-state index in [1.54, 1.807) is 0 Å². The van der Waals surface area contributed by atoms with E-state index in [9.17, 15) is 9.59 Å². The Morgan fingerprint density at radius 2 is 2.39 bits per heavy atom. The molecule has 1 amide bonds. The van der Waals surface area contributed by atoms with Crippen molar-refractivity contribution in [3.05, 3.63) is 23.0 Å². The van der Waals surface area contributed by atoms with Crippen LogP contribution in [-0.2, 0) is 4.79 Å². The zero-order valence-electron chi connectivity index (χ0n) is 9.26. The van der Waals surface area contributed by atoms with Crippen LogP contribution in [0.25, 0.3) is 0 Å². The molecule has 6 heteroatoms. The number of aromatic carboxylic acids is 1. The fourth-order valence-corrected chi connectivity index (χ4v) is 2.01. The maximum atomic E-state index is 11.8. The smallest absolute Gasteiger partial charge is 0.339 e. The molecule has 0 bridgehead atoms. The van der Waals surface area contributed by atoms with Gasteiger partial charge in [-0.1, -0.05) is 11.6 Å². The van der Waals surface area contributed by atoms with E-state index >= 15 is 0 Å². The minimum atomic E-state index is -1.16. The number of hydrogen-bond acceptors (Lipinski definition) is 3. The summed E-state index contributed by atoms with van der Waals surface area (Å²) in [7, 11) is 0. The summed E-state index contributed by atoms with van der Waals surface area (Å²) in [5.41, 5.74) is 0.177. The first-order valence-corrected chi connectivity index (χ1v) is 5.56. The van der Waals surface area contributed by atoms with Crippen molar-refractivity contribution in [1.82, 2.24) is 4.98 Å². The van der Waals surface area contributed by atoms with Gasteiger partial charge in [-0.05, 0) is 0 Å². The van der Waals surface area contributed by atoms with Crippen LogP contribution in [-0.4, -0.2) is 28.5 Å². The highest BCUT2D eigenvalue weighted by atomic mass is 35.5. The van der Waals surface area contributed by atoms with Gasteiger partial charge in [-0.2, -0.15) is 0 Å². The quantitative estimate of drug-likeness (QED) is 0.648. The van der Waals surface area contributed by atoms with E-state index in [-0.39, 0.29) is 34.6 Å². The lowest BCUT2D eigenvalue weighted by atomic mass is 10.1. The number of carbonyl (C=O) groups excluding carboxylic acids is 1. The number of anilines is 1. The van der Waals surface area contributed by atoms with Crippen molar-refractivity contribution in [3.8, 4) is 12.3 Å². The van der Waals surface area contributed by atoms with Gasteiger partial charge in [0, 0.05) is 31.1 Å². The van der Waals surface area contributed by atoms with Gasteiger partial charge >= 0.3 is 5.97 Å². The van der Waals surface area contributed by atoms with Gasteiger partial charge in [0.15, 0.2) is 0 Å². The lowest BCUT2D eigenvalue weighted by Gasteiger charge is -2.18. The van der Waals surface area contributed by atoms with Crippen molar-refractivity contribution in [2.45, 2.75) is 6.42 Å². The SMILES string of the molecule is C#CC1CC(=O)N(c2cc(Cl)ncc2C(=O)O)C1. The maximum absolute atomic E-state index is 11.8. The Morgan fingerprint density at radius 3 is 2.94 bits per heavy atom. The van der Waals surface area contributed by atoms with Crippen LogP contribution >= 0.6 is 11.6 Å². The van der Waals surface area contributed by atoms with Gasteiger partial charge in [0.1, 0.15) is 10.7 Å². The Labute approximate surface area is 108 Å². The number of hydrogen-bond donors (Lipinski definition) is 1. The molecule has 1 aliphatic heterocycles. The van der Waals surface area contributed by atoms with Crippen LogP contribution < -0.4 is 4.90 Å². The number of terminal acetylenes is 1. The Kier molecular flexibility index (Phi) is 3.21. The van der Waals surface area contributed by atoms with Gasteiger partial charge in [-0.25, -0.2) is 9.78 Å². The number of pyridine rings is 1. The van der Waals surface area contributed by atoms with Crippen molar-refractivity contribution >= 4 is 29.2 Å². The molecule has 0 aliphatic carbocycles. The maximum Gasteiger partial charge on any atom is 0.339 e. The Balaban J connectivity index is 2.45. The van der Waals surface area contributed by atoms with Crippen molar-refractivity contribution in [2.24, 2.45) is 5.92 Å². The molecule has 0 spiro atoms. The Morgan fingerprint density at radius 1 is 1.67 bits per heavy atom. The highest BCUT2D eigenvalue weighted by Gasteiger charge is 2.32. The molecule has 2 rings (SSSR count). The largest absolute Gasteiger partial charge is 0.478 e. The van der Waals surface area contributed by atoms with Crippen LogP contribution in [0.15, 0.2) is 12.3 Å². The topological polar surface area (TPSA) is 70.5 Å². The van der Waals surface area contributed by atoms with Gasteiger partial charge in [0.05, 0.1) is 5.69 Å². The van der Waals surface area contributed by atoms with E-state index in [1.165, 1.54) is 11.0 Å². The third-order valence-corrected chi connectivity index (χ3v) is 2.94. The molecule has 5 nitrogen and oxygen atoms in total. The molecule has 1 aromatic heterocycles. The summed E-state index contributed by atoms with van der Waals surface area (Å²) in [5.74, 6) is 0.929. The second kappa shape index (κ2) is 4.67. The zero-order valence-corrected chi connectivity index (χ0v) is 10.0. The van der Waals surface area contributed by atoms with Crippen molar-refractivity contribution < 1.29 is 14.7 Å². The second-order valence-corrected chi connectivity index (χ2v) is 4.29. The average molecular weight is 265 g/mol. The molecule has 0 aromatic carbocycles. The molecule has 1 N–H and O–H groups in total. The van der Waals surface area contributed by atoms with E-state index in [0.29, 0.717) is 6.54 Å². The van der Waals surface area contributed by atoms with Gasteiger partial charge in [-0.3, -0.25) is 4.79 Å². The summed E-state index contributed by atoms with van der Waals surface area (Å²) in [6, 6.07) is 1.36. The van der Waals surface area contributed by atoms with E-state index in [1.807, 2.05) is 0 Å². The third kappa shape index (κ3) is 2.15. The molecule has 1 aliphatic rings. The highest BCUT2D eigenvalue weighted by Crippen LogP contribution is 2.29. The predicted octanol–water partition coefficient (Wildman–Crippen LogP) is 1.42. The minimum absolute atomic E-state index is 0.0644. The predicted molar refractivity (Wildman–Crippen MR) is 65.5 cm³/mol. The number of rotatable bonds is 2. The summed E-state index contributed by atoms with van der Waals surface area (Å²) < 4.78 is 0. The molecular weight excluding hydrogens is 256 g/mol. The van der Waals surface area contributed by atoms with Crippen LogP contribution in [0.4, 0.5) is 5.69 Å². The Hall–Kier alpha value is -2.06. The van der Waals surface area contributed by atoms with Crippen LogP contribution in [0.2, 0.25) is 5.15 Å². The zero-order chi connectivity index (χ0) is 13.3. The van der Waals surface area contributed by atoms with Crippen LogP contribution in [0, 0.1) is 18.3 Å². The molecule has 1 aromatic rings. The van der Waals surface area contributed by atoms with E-state index in [0.717, 1.165) is 6.20 Å². The van der Waals surface area contributed by atoms with Crippen molar-refractivity contribution in [2.75, 3.05) is 11.4 Å². The number of carboxylic acids is 1. The van der Waals surface area contributed by atoms with Gasteiger partial charge < -0.3 is 10.0 Å². The fraction of sp³-hybridized carbons (Fsp3) is 0.250. The number of aromatic nitrogens is 1. The van der Waals surface area contributed by atoms with Crippen LogP contribution in [0.3, 0.4) is 0 Å². The molecule has 18 heavy (non-hydrogen) atoms. The third-order valence-electron chi connectivity index (χ3n) is 2.73. The normalized spacial score (nSPS) is 18.8. The van der Waals surface area contributed by atoms with Gasteiger partial charge in [0.2, 0.25) is 5.91 Å². The first-order valence-electron chi connectivity index (χ1n) is 5.18. The number of nitrogens with zero attached hydrogens (tertiary/aromatic N) is 2. The Bertz CT molecular complexity index is 565. The lowest BCUT2D eigenvalue weighted by molar-refractivity contribution is -0.117. The van der Waals surface area contributed by atoms with Crippen LogP contribution in [0.5, 0.6) is 0 Å². The molecule has 2 heterocycles. The van der Waals surface area contributed by atoms with E-state index in [2.05, 4.69) is 10.9 Å². The van der Waals surface area contributed by atoms with Gasteiger partial charge in [-0.15, -0.1) is 12.3 Å². The number of amides is 1. The molecule has 92 valence electrons. The lowest BCUT2D eigenvalue weighted by Crippen LogP contribution is -2.26. The molecule has 1 unspecified atom stereocenters. The van der Waals surface area contributed by atoms with Crippen LogP contribution in [0.1, 0.15) is 16.8 Å². The number of carboxylic acid groups (broad SMARTS) is 1. The summed E-state index contributed by atoms with van der Waals surface area (Å²) in [6.45, 7) is 0.302. The van der Waals surface area contributed by atoms with E-state index in [4.69, 9.17) is 23.1 Å².